The van der Waals surface area contributed by atoms with Gasteiger partial charge in [0, 0.05) is 53.2 Å². The number of hydrogen-bond donors (Lipinski definition) is 4. The smallest absolute Gasteiger partial charge is 0.410 e. The number of ketones is 2. The molecule has 0 spiro atoms. The Morgan fingerprint density at radius 2 is 1.34 bits per heavy atom. The Labute approximate surface area is 358 Å². The van der Waals surface area contributed by atoms with E-state index >= 15 is 0 Å². The van der Waals surface area contributed by atoms with Crippen LogP contribution in [0.25, 0.3) is 34.0 Å². The van der Waals surface area contributed by atoms with E-state index in [2.05, 4.69) is 82.1 Å². The molecular formula is C52H58N4O5. The number of allylic oxidation sites excluding steroid dienone is 1. The van der Waals surface area contributed by atoms with E-state index in [0.717, 1.165) is 61.7 Å². The summed E-state index contributed by atoms with van der Waals surface area (Å²) in [5.74, 6) is -0.154. The first-order chi connectivity index (χ1) is 29.5. The molecule has 2 aliphatic carbocycles. The molecule has 2 atom stereocenters. The van der Waals surface area contributed by atoms with Gasteiger partial charge in [0.25, 0.3) is 0 Å². The normalized spacial score (nSPS) is 15.9. The fraction of sp³-hybridized carbons (Fsp3) is 0.327. The van der Waals surface area contributed by atoms with Gasteiger partial charge in [-0.15, -0.1) is 0 Å². The van der Waals surface area contributed by atoms with Crippen molar-refractivity contribution in [2.45, 2.75) is 90.3 Å². The minimum atomic E-state index is -0.558. The van der Waals surface area contributed by atoms with E-state index in [4.69, 9.17) is 9.84 Å². The van der Waals surface area contributed by atoms with E-state index in [0.29, 0.717) is 19.0 Å². The first kappa shape index (κ1) is 43.1. The highest BCUT2D eigenvalue weighted by Gasteiger charge is 2.34. The molecule has 9 nitrogen and oxygen atoms in total. The van der Waals surface area contributed by atoms with Crippen LogP contribution in [-0.4, -0.2) is 62.9 Å². The topological polar surface area (TPSA) is 128 Å². The Morgan fingerprint density at radius 1 is 0.770 bits per heavy atom. The lowest BCUT2D eigenvalue weighted by atomic mass is 10.0. The first-order valence-electron chi connectivity index (χ1n) is 21.6. The van der Waals surface area contributed by atoms with E-state index in [9.17, 15) is 14.4 Å². The van der Waals surface area contributed by atoms with E-state index in [1.807, 2.05) is 69.1 Å². The number of aromatic nitrogens is 2. The van der Waals surface area contributed by atoms with Gasteiger partial charge >= 0.3 is 6.09 Å². The third-order valence-corrected chi connectivity index (χ3v) is 11.6. The van der Waals surface area contributed by atoms with Crippen LogP contribution >= 0.6 is 0 Å². The van der Waals surface area contributed by atoms with Crippen molar-refractivity contribution in [2.24, 2.45) is 0 Å². The van der Waals surface area contributed by atoms with Crippen molar-refractivity contribution < 1.29 is 24.2 Å². The van der Waals surface area contributed by atoms with E-state index in [1.165, 1.54) is 55.7 Å². The van der Waals surface area contributed by atoms with Gasteiger partial charge in [-0.05, 0) is 135 Å². The zero-order valence-electron chi connectivity index (χ0n) is 35.8. The molecule has 0 fully saturated rings. The number of carbonyl (C=O) groups excluding carboxylic acids is 3. The third kappa shape index (κ3) is 10.8. The molecule has 61 heavy (non-hydrogen) atoms. The Morgan fingerprint density at radius 3 is 1.97 bits per heavy atom. The first-order valence-corrected chi connectivity index (χ1v) is 21.6. The molecule has 2 unspecified atom stereocenters. The van der Waals surface area contributed by atoms with E-state index in [-0.39, 0.29) is 23.7 Å². The maximum absolute atomic E-state index is 13.3. The number of hydrogen-bond acceptors (Lipinski definition) is 6. The number of H-pyrrole nitrogens is 2. The van der Waals surface area contributed by atoms with Crippen molar-refractivity contribution in [3.63, 3.8) is 0 Å². The number of aliphatic hydroxyl groups is 1. The highest BCUT2D eigenvalue weighted by Crippen LogP contribution is 2.38. The Kier molecular flexibility index (Phi) is 13.8. The van der Waals surface area contributed by atoms with Crippen molar-refractivity contribution >= 4 is 51.6 Å². The standard InChI is InChI=1S/C29H34N2O3.C23H24N2O2/c1-5-23(32)13-10-20-11-14-25-21(18-20)12-15-27(25)31(28(33)34-29(2,3)4)17-16-22-19-30-26-9-7-6-8-24(22)26;26-15-19(27)8-5-16-6-9-21-17(13-16)7-10-23(21)24-12-11-18-14-25-22-4-2-1-3-20(18)22/h6-11,13-14,18-19,27,30H,5,12,15-17H2,1-4H3;1-6,8-9,13-14,23-26H,7,10-12,15H2/b13-10+;8-5+. The average molecular weight is 819 g/mol. The number of aromatic amines is 2. The quantitative estimate of drug-likeness (QED) is 0.0811. The van der Waals surface area contributed by atoms with Gasteiger partial charge in [-0.1, -0.05) is 91.9 Å². The lowest BCUT2D eigenvalue weighted by Gasteiger charge is -2.32. The number of ether oxygens (including phenoxy) is 1. The number of para-hydroxylation sites is 2. The Hall–Kier alpha value is -6.03. The molecule has 6 aromatic rings. The second kappa shape index (κ2) is 19.6. The average Bonchev–Trinajstić information content (AvgIpc) is 4.07. The van der Waals surface area contributed by atoms with Crippen molar-refractivity contribution in [3.05, 3.63) is 154 Å². The van der Waals surface area contributed by atoms with Crippen molar-refractivity contribution in [3.8, 4) is 0 Å². The van der Waals surface area contributed by atoms with E-state index < -0.39 is 12.2 Å². The fourth-order valence-electron chi connectivity index (χ4n) is 8.54. The molecule has 316 valence electrons. The third-order valence-electron chi connectivity index (χ3n) is 11.6. The van der Waals surface area contributed by atoms with Crippen LogP contribution in [0.1, 0.15) is 104 Å². The maximum atomic E-state index is 13.3. The summed E-state index contributed by atoms with van der Waals surface area (Å²) < 4.78 is 5.82. The molecule has 0 saturated heterocycles. The van der Waals surface area contributed by atoms with Crippen LogP contribution in [0.3, 0.4) is 0 Å². The minimum absolute atomic E-state index is 0.0228. The zero-order chi connectivity index (χ0) is 42.9. The second-order valence-corrected chi connectivity index (χ2v) is 17.0. The van der Waals surface area contributed by atoms with E-state index in [1.54, 1.807) is 12.2 Å². The molecule has 2 aromatic heterocycles. The highest BCUT2D eigenvalue weighted by molar-refractivity contribution is 5.94. The van der Waals surface area contributed by atoms with Gasteiger partial charge in [0.1, 0.15) is 12.2 Å². The molecule has 9 heteroatoms. The van der Waals surface area contributed by atoms with Gasteiger partial charge in [-0.25, -0.2) is 4.79 Å². The van der Waals surface area contributed by atoms with Gasteiger partial charge in [-0.2, -0.15) is 0 Å². The molecule has 8 rings (SSSR count). The van der Waals surface area contributed by atoms with Crippen molar-refractivity contribution in [2.75, 3.05) is 19.7 Å². The molecular weight excluding hydrogens is 761 g/mol. The van der Waals surface area contributed by atoms with Crippen LogP contribution in [0.4, 0.5) is 4.79 Å². The minimum Gasteiger partial charge on any atom is -0.444 e. The summed E-state index contributed by atoms with van der Waals surface area (Å²) in [5, 5.41) is 15.0. The number of aryl methyl sites for hydroxylation is 2. The van der Waals surface area contributed by atoms with Gasteiger partial charge in [0.05, 0.1) is 6.04 Å². The van der Waals surface area contributed by atoms with Crippen LogP contribution in [0.2, 0.25) is 0 Å². The van der Waals surface area contributed by atoms with Crippen LogP contribution in [0.5, 0.6) is 0 Å². The van der Waals surface area contributed by atoms with Crippen LogP contribution in [-0.2, 0) is 40.0 Å². The number of nitrogens with zero attached hydrogens (tertiary/aromatic N) is 1. The Balaban J connectivity index is 0.000000189. The molecule has 2 heterocycles. The number of fused-ring (bicyclic) bond motifs is 4. The summed E-state index contributed by atoms with van der Waals surface area (Å²) in [6, 6.07) is 29.7. The SMILES string of the molecule is CCC(=O)/C=C/c1ccc2c(c1)CCC2N(CCc1c[nH]c2ccccc12)C(=O)OC(C)(C)C.O=C(/C=C/c1ccc2c(c1)CCC2NCCc1c[nH]c2ccccc12)CO. The van der Waals surface area contributed by atoms with Crippen molar-refractivity contribution in [1.82, 2.24) is 20.2 Å². The number of carbonyl (C=O) groups is 3. The molecule has 1 amide bonds. The van der Waals surface area contributed by atoms with Gasteiger partial charge in [-0.3, -0.25) is 9.59 Å². The summed E-state index contributed by atoms with van der Waals surface area (Å²) in [6.45, 7) is 8.65. The predicted octanol–water partition coefficient (Wildman–Crippen LogP) is 10.2. The zero-order valence-corrected chi connectivity index (χ0v) is 35.8. The number of aliphatic hydroxyl groups excluding tert-OH is 1. The van der Waals surface area contributed by atoms with Crippen LogP contribution in [0, 0.1) is 0 Å². The Bertz CT molecular complexity index is 2550. The molecule has 4 aromatic carbocycles. The molecule has 0 aliphatic heterocycles. The maximum Gasteiger partial charge on any atom is 0.410 e. The summed E-state index contributed by atoms with van der Waals surface area (Å²) in [5.41, 5.74) is 11.4. The number of benzene rings is 4. The summed E-state index contributed by atoms with van der Waals surface area (Å²) in [4.78, 5) is 44.7. The van der Waals surface area contributed by atoms with Crippen LogP contribution < -0.4 is 5.32 Å². The molecule has 0 bridgehead atoms. The van der Waals surface area contributed by atoms with Crippen LogP contribution in [0.15, 0.2) is 109 Å². The lowest BCUT2D eigenvalue weighted by Crippen LogP contribution is -2.40. The van der Waals surface area contributed by atoms with Gasteiger partial charge in [0.2, 0.25) is 0 Å². The molecule has 0 radical (unpaired) electrons. The fourth-order valence-corrected chi connectivity index (χ4v) is 8.54. The number of rotatable bonds is 14. The summed E-state index contributed by atoms with van der Waals surface area (Å²) in [6.07, 6.45) is 16.8. The monoisotopic (exact) mass is 818 g/mol. The van der Waals surface area contributed by atoms with Crippen molar-refractivity contribution in [1.29, 1.82) is 0 Å². The van der Waals surface area contributed by atoms with Gasteiger partial charge < -0.3 is 30.0 Å². The molecule has 4 N–H and O–H groups in total. The molecule has 2 aliphatic rings. The van der Waals surface area contributed by atoms with Gasteiger partial charge in [0.15, 0.2) is 11.6 Å². The molecule has 0 saturated carbocycles. The lowest BCUT2D eigenvalue weighted by molar-refractivity contribution is -0.117. The second-order valence-electron chi connectivity index (χ2n) is 17.0. The largest absolute Gasteiger partial charge is 0.444 e. The highest BCUT2D eigenvalue weighted by atomic mass is 16.6. The summed E-state index contributed by atoms with van der Waals surface area (Å²) >= 11 is 0. The number of nitrogens with one attached hydrogen (secondary N) is 3. The summed E-state index contributed by atoms with van der Waals surface area (Å²) in [7, 11) is 0. The number of amides is 1. The predicted molar refractivity (Wildman–Crippen MR) is 245 cm³/mol.